The van der Waals surface area contributed by atoms with Gasteiger partial charge in [-0.25, -0.2) is 13.1 Å². The molecule has 1 rings (SSSR count). The Hall–Kier alpha value is -0.0800. The third kappa shape index (κ3) is 6.27. The molecule has 0 spiro atoms. The Labute approximate surface area is 124 Å². The van der Waals surface area contributed by atoms with E-state index >= 15 is 0 Å². The average Bonchev–Trinajstić information content (AvgIpc) is 2.85. The van der Waals surface area contributed by atoms with E-state index in [0.717, 1.165) is 36.6 Å². The Kier molecular flexibility index (Phi) is 8.01. The molecule has 0 atom stereocenters. The minimum atomic E-state index is -3.33. The highest BCUT2D eigenvalue weighted by Gasteiger charge is 2.15. The number of sulfonamides is 1. The maximum atomic E-state index is 12.0. The lowest BCUT2D eigenvalue weighted by molar-refractivity contribution is 0.581. The van der Waals surface area contributed by atoms with E-state index in [0.29, 0.717) is 11.4 Å². The van der Waals surface area contributed by atoms with Crippen molar-refractivity contribution in [1.29, 1.82) is 0 Å². The summed E-state index contributed by atoms with van der Waals surface area (Å²) in [4.78, 5) is 1.44. The Balaban J connectivity index is 2.49. The first kappa shape index (κ1) is 17.0. The van der Waals surface area contributed by atoms with Crippen molar-refractivity contribution in [1.82, 2.24) is 10.0 Å². The van der Waals surface area contributed by atoms with Crippen LogP contribution < -0.4 is 10.0 Å². The standard InChI is InChI=1S/C12H22N2O2S3/c1-3-5-13-9-11-8-12(10-18-11)19(15,16)14-6-4-7-17-2/h8,10,13-14H,3-7,9H2,1-2H3. The molecular formula is C12H22N2O2S3. The van der Waals surface area contributed by atoms with E-state index in [1.807, 2.05) is 6.26 Å². The molecule has 1 aromatic heterocycles. The Morgan fingerprint density at radius 1 is 1.37 bits per heavy atom. The van der Waals surface area contributed by atoms with Crippen molar-refractivity contribution in [3.05, 3.63) is 16.3 Å². The van der Waals surface area contributed by atoms with E-state index in [1.165, 1.54) is 11.3 Å². The Morgan fingerprint density at radius 3 is 2.84 bits per heavy atom. The molecule has 1 heterocycles. The van der Waals surface area contributed by atoms with Gasteiger partial charge in [-0.15, -0.1) is 11.3 Å². The van der Waals surface area contributed by atoms with Gasteiger partial charge in [0.1, 0.15) is 0 Å². The second-order valence-electron chi connectivity index (χ2n) is 4.17. The molecule has 0 unspecified atom stereocenters. The molecule has 110 valence electrons. The maximum Gasteiger partial charge on any atom is 0.241 e. The van der Waals surface area contributed by atoms with Gasteiger partial charge >= 0.3 is 0 Å². The molecule has 0 radical (unpaired) electrons. The zero-order valence-electron chi connectivity index (χ0n) is 11.4. The summed E-state index contributed by atoms with van der Waals surface area (Å²) >= 11 is 3.21. The number of hydrogen-bond acceptors (Lipinski definition) is 5. The van der Waals surface area contributed by atoms with Gasteiger partial charge in [0.25, 0.3) is 0 Å². The monoisotopic (exact) mass is 322 g/mol. The van der Waals surface area contributed by atoms with Crippen LogP contribution in [0.1, 0.15) is 24.6 Å². The summed E-state index contributed by atoms with van der Waals surface area (Å²) in [5.41, 5.74) is 0. The Bertz CT molecular complexity index is 457. The highest BCUT2D eigenvalue weighted by molar-refractivity contribution is 7.98. The van der Waals surface area contributed by atoms with Gasteiger partial charge in [0, 0.05) is 23.3 Å². The smallest absolute Gasteiger partial charge is 0.241 e. The van der Waals surface area contributed by atoms with E-state index in [1.54, 1.807) is 23.2 Å². The molecule has 0 aliphatic rings. The maximum absolute atomic E-state index is 12.0. The second kappa shape index (κ2) is 8.97. The van der Waals surface area contributed by atoms with Crippen molar-refractivity contribution in [3.8, 4) is 0 Å². The topological polar surface area (TPSA) is 58.2 Å². The molecule has 0 amide bonds. The van der Waals surface area contributed by atoms with Crippen molar-refractivity contribution >= 4 is 33.1 Å². The Morgan fingerprint density at radius 2 is 2.16 bits per heavy atom. The fraction of sp³-hybridized carbons (Fsp3) is 0.667. The van der Waals surface area contributed by atoms with Gasteiger partial charge in [0.2, 0.25) is 10.0 Å². The molecule has 4 nitrogen and oxygen atoms in total. The van der Waals surface area contributed by atoms with Crippen LogP contribution in [-0.2, 0) is 16.6 Å². The third-order valence-electron chi connectivity index (χ3n) is 2.48. The molecule has 1 aromatic rings. The van der Waals surface area contributed by atoms with E-state index in [4.69, 9.17) is 0 Å². The molecule has 2 N–H and O–H groups in total. The van der Waals surface area contributed by atoms with Gasteiger partial charge in [0.05, 0.1) is 4.90 Å². The van der Waals surface area contributed by atoms with Gasteiger partial charge in [-0.3, -0.25) is 0 Å². The SMILES string of the molecule is CCCNCc1cc(S(=O)(=O)NCCCSC)cs1. The highest BCUT2D eigenvalue weighted by Crippen LogP contribution is 2.19. The summed E-state index contributed by atoms with van der Waals surface area (Å²) in [7, 11) is -3.33. The van der Waals surface area contributed by atoms with Crippen molar-refractivity contribution in [2.75, 3.05) is 25.1 Å². The van der Waals surface area contributed by atoms with Crippen LogP contribution in [0.2, 0.25) is 0 Å². The van der Waals surface area contributed by atoms with Crippen LogP contribution in [0.25, 0.3) is 0 Å². The second-order valence-corrected chi connectivity index (χ2v) is 7.92. The molecule has 0 aromatic carbocycles. The van der Waals surface area contributed by atoms with E-state index in [-0.39, 0.29) is 0 Å². The molecule has 0 saturated carbocycles. The van der Waals surface area contributed by atoms with Gasteiger partial charge in [0.15, 0.2) is 0 Å². The van der Waals surface area contributed by atoms with Crippen LogP contribution in [0, 0.1) is 0 Å². The largest absolute Gasteiger partial charge is 0.312 e. The van der Waals surface area contributed by atoms with Gasteiger partial charge < -0.3 is 5.32 Å². The van der Waals surface area contributed by atoms with Gasteiger partial charge in [-0.2, -0.15) is 11.8 Å². The number of rotatable bonds is 10. The van der Waals surface area contributed by atoms with Crippen LogP contribution >= 0.6 is 23.1 Å². The van der Waals surface area contributed by atoms with E-state index < -0.39 is 10.0 Å². The lowest BCUT2D eigenvalue weighted by Gasteiger charge is -2.04. The zero-order chi connectivity index (χ0) is 14.1. The third-order valence-corrected chi connectivity index (χ3v) is 5.71. The fourth-order valence-electron chi connectivity index (χ4n) is 1.49. The van der Waals surface area contributed by atoms with Crippen LogP contribution in [0.3, 0.4) is 0 Å². The first-order chi connectivity index (χ1) is 9.10. The van der Waals surface area contributed by atoms with Crippen LogP contribution in [0.5, 0.6) is 0 Å². The summed E-state index contributed by atoms with van der Waals surface area (Å²) in [6.45, 7) is 4.30. The summed E-state index contributed by atoms with van der Waals surface area (Å²) in [6, 6.07) is 1.75. The van der Waals surface area contributed by atoms with E-state index in [2.05, 4.69) is 17.0 Å². The number of thiophene rings is 1. The minimum absolute atomic E-state index is 0.384. The normalized spacial score (nSPS) is 11.9. The van der Waals surface area contributed by atoms with Gasteiger partial charge in [-0.1, -0.05) is 6.92 Å². The number of thioether (sulfide) groups is 1. The molecule has 7 heteroatoms. The lowest BCUT2D eigenvalue weighted by atomic mass is 10.4. The minimum Gasteiger partial charge on any atom is -0.312 e. The van der Waals surface area contributed by atoms with Crippen molar-refractivity contribution < 1.29 is 8.42 Å². The number of nitrogens with one attached hydrogen (secondary N) is 2. The summed E-state index contributed by atoms with van der Waals surface area (Å²) < 4.78 is 26.6. The van der Waals surface area contributed by atoms with E-state index in [9.17, 15) is 8.42 Å². The predicted molar refractivity (Wildman–Crippen MR) is 84.5 cm³/mol. The predicted octanol–water partition coefficient (Wildman–Crippen LogP) is 2.28. The first-order valence-corrected chi connectivity index (χ1v) is 10.1. The molecule has 0 aliphatic heterocycles. The molecule has 0 bridgehead atoms. The van der Waals surface area contributed by atoms with Crippen LogP contribution in [0.4, 0.5) is 0 Å². The molecule has 0 saturated heterocycles. The highest BCUT2D eigenvalue weighted by atomic mass is 32.2. The molecular weight excluding hydrogens is 300 g/mol. The summed E-state index contributed by atoms with van der Waals surface area (Å²) in [6.07, 6.45) is 3.95. The van der Waals surface area contributed by atoms with Crippen molar-refractivity contribution in [3.63, 3.8) is 0 Å². The number of hydrogen-bond donors (Lipinski definition) is 2. The molecule has 19 heavy (non-hydrogen) atoms. The van der Waals surface area contributed by atoms with Crippen molar-refractivity contribution in [2.24, 2.45) is 0 Å². The lowest BCUT2D eigenvalue weighted by Crippen LogP contribution is -2.24. The zero-order valence-corrected chi connectivity index (χ0v) is 13.9. The molecule has 0 fully saturated rings. The fourth-order valence-corrected chi connectivity index (χ4v) is 4.24. The van der Waals surface area contributed by atoms with Crippen LogP contribution in [-0.4, -0.2) is 33.5 Å². The van der Waals surface area contributed by atoms with Crippen molar-refractivity contribution in [2.45, 2.75) is 31.2 Å². The first-order valence-electron chi connectivity index (χ1n) is 6.37. The van der Waals surface area contributed by atoms with Crippen LogP contribution in [0.15, 0.2) is 16.3 Å². The van der Waals surface area contributed by atoms with Gasteiger partial charge in [-0.05, 0) is 37.5 Å². The average molecular weight is 323 g/mol. The molecule has 0 aliphatic carbocycles. The summed E-state index contributed by atoms with van der Waals surface area (Å²) in [5.74, 6) is 0.971. The quantitative estimate of drug-likeness (QED) is 0.649. The summed E-state index contributed by atoms with van der Waals surface area (Å²) in [5, 5.41) is 4.98.